The second-order valence-corrected chi connectivity index (χ2v) is 8.24. The van der Waals surface area contributed by atoms with Crippen molar-refractivity contribution in [2.24, 2.45) is 17.8 Å². The van der Waals surface area contributed by atoms with Gasteiger partial charge in [0.25, 0.3) is 15.9 Å². The molecule has 2 aliphatic rings. The first-order chi connectivity index (χ1) is 10.4. The van der Waals surface area contributed by atoms with E-state index in [4.69, 9.17) is 4.42 Å². The highest BCUT2D eigenvalue weighted by atomic mass is 32.2. The molecule has 0 radical (unpaired) electrons. The second kappa shape index (κ2) is 5.70. The van der Waals surface area contributed by atoms with Crippen molar-refractivity contribution < 1.29 is 17.6 Å². The molecule has 0 spiro atoms. The first-order valence-corrected chi connectivity index (χ1v) is 9.23. The van der Waals surface area contributed by atoms with Crippen molar-refractivity contribution in [3.05, 3.63) is 17.9 Å². The molecule has 0 saturated heterocycles. The van der Waals surface area contributed by atoms with Crippen LogP contribution in [0.15, 0.2) is 21.6 Å². The Kier molecular flexibility index (Phi) is 4.03. The van der Waals surface area contributed by atoms with Crippen LogP contribution in [0.5, 0.6) is 0 Å². The summed E-state index contributed by atoms with van der Waals surface area (Å²) in [6, 6.07) is 2.77. The van der Waals surface area contributed by atoms with Gasteiger partial charge >= 0.3 is 0 Å². The molecule has 4 atom stereocenters. The number of furan rings is 1. The molecule has 0 aliphatic heterocycles. The number of hydrogen-bond acceptors (Lipinski definition) is 4. The molecule has 7 heteroatoms. The van der Waals surface area contributed by atoms with Crippen LogP contribution in [0.2, 0.25) is 0 Å². The number of sulfonamides is 1. The zero-order valence-electron chi connectivity index (χ0n) is 12.8. The normalized spacial score (nSPS) is 28.7. The van der Waals surface area contributed by atoms with Crippen molar-refractivity contribution in [2.75, 3.05) is 7.05 Å². The van der Waals surface area contributed by atoms with Crippen LogP contribution in [0, 0.1) is 17.8 Å². The molecule has 2 bridgehead atoms. The quantitative estimate of drug-likeness (QED) is 0.862. The lowest BCUT2D eigenvalue weighted by Crippen LogP contribution is -2.40. The number of hydrogen-bond donors (Lipinski definition) is 2. The highest BCUT2D eigenvalue weighted by molar-refractivity contribution is 7.89. The van der Waals surface area contributed by atoms with Crippen LogP contribution in [-0.4, -0.2) is 27.4 Å². The fourth-order valence-electron chi connectivity index (χ4n) is 3.98. The van der Waals surface area contributed by atoms with Gasteiger partial charge in [0.15, 0.2) is 5.76 Å². The summed E-state index contributed by atoms with van der Waals surface area (Å²) in [5.41, 5.74) is 0. The molecule has 3 rings (SSSR count). The lowest BCUT2D eigenvalue weighted by Gasteiger charge is -2.28. The van der Waals surface area contributed by atoms with Crippen LogP contribution in [0.1, 0.15) is 43.2 Å². The van der Waals surface area contributed by atoms with Gasteiger partial charge in [0.2, 0.25) is 5.09 Å². The van der Waals surface area contributed by atoms with Gasteiger partial charge in [0.05, 0.1) is 0 Å². The van der Waals surface area contributed by atoms with Gasteiger partial charge < -0.3 is 9.73 Å². The molecular weight excluding hydrogens is 304 g/mol. The van der Waals surface area contributed by atoms with Gasteiger partial charge in [-0.2, -0.15) is 0 Å². The molecule has 2 aliphatic carbocycles. The molecule has 22 heavy (non-hydrogen) atoms. The minimum absolute atomic E-state index is 0.0313. The Hall–Kier alpha value is -1.34. The third-order valence-corrected chi connectivity index (χ3v) is 6.42. The van der Waals surface area contributed by atoms with E-state index in [9.17, 15) is 13.2 Å². The Morgan fingerprint density at radius 2 is 2.09 bits per heavy atom. The minimum atomic E-state index is -3.66. The molecule has 1 aromatic heterocycles. The van der Waals surface area contributed by atoms with Crippen molar-refractivity contribution >= 4 is 15.9 Å². The molecule has 1 heterocycles. The SMILES string of the molecule is CNS(=O)(=O)c1ccc(C(=O)NC(C)C2CC3CCC2C3)o1. The van der Waals surface area contributed by atoms with Crippen molar-refractivity contribution in [2.45, 2.75) is 43.7 Å². The fraction of sp³-hybridized carbons (Fsp3) is 0.667. The average molecular weight is 326 g/mol. The highest BCUT2D eigenvalue weighted by Crippen LogP contribution is 2.49. The summed E-state index contributed by atoms with van der Waals surface area (Å²) in [5, 5.41) is 2.71. The van der Waals surface area contributed by atoms with Crippen molar-refractivity contribution in [3.63, 3.8) is 0 Å². The topological polar surface area (TPSA) is 88.4 Å². The third-order valence-electron chi connectivity index (χ3n) is 5.13. The van der Waals surface area contributed by atoms with E-state index in [1.54, 1.807) is 0 Å². The molecule has 1 aromatic rings. The predicted molar refractivity (Wildman–Crippen MR) is 80.8 cm³/mol. The molecule has 1 amide bonds. The molecule has 2 N–H and O–H groups in total. The van der Waals surface area contributed by atoms with E-state index in [-0.39, 0.29) is 22.8 Å². The average Bonchev–Trinajstić information content (AvgIpc) is 3.22. The van der Waals surface area contributed by atoms with Crippen LogP contribution in [0.4, 0.5) is 0 Å². The lowest BCUT2D eigenvalue weighted by molar-refractivity contribution is 0.0881. The second-order valence-electron chi connectivity index (χ2n) is 6.43. The monoisotopic (exact) mass is 326 g/mol. The maximum Gasteiger partial charge on any atom is 0.287 e. The summed E-state index contributed by atoms with van der Waals surface area (Å²) < 4.78 is 30.6. The Morgan fingerprint density at radius 1 is 1.32 bits per heavy atom. The van der Waals surface area contributed by atoms with Crippen LogP contribution in [-0.2, 0) is 10.0 Å². The lowest BCUT2D eigenvalue weighted by atomic mass is 9.84. The van der Waals surface area contributed by atoms with Crippen LogP contribution in [0.3, 0.4) is 0 Å². The van der Waals surface area contributed by atoms with Crippen molar-refractivity contribution in [3.8, 4) is 0 Å². The third kappa shape index (κ3) is 2.79. The zero-order chi connectivity index (χ0) is 15.9. The van der Waals surface area contributed by atoms with Gasteiger partial charge in [0.1, 0.15) is 0 Å². The maximum atomic E-state index is 12.2. The van der Waals surface area contributed by atoms with E-state index < -0.39 is 10.0 Å². The van der Waals surface area contributed by atoms with E-state index >= 15 is 0 Å². The highest BCUT2D eigenvalue weighted by Gasteiger charge is 2.42. The number of rotatable bonds is 5. The molecule has 6 nitrogen and oxygen atoms in total. The Balaban J connectivity index is 1.65. The molecule has 2 fully saturated rings. The number of amides is 1. The van der Waals surface area contributed by atoms with E-state index in [2.05, 4.69) is 10.0 Å². The first-order valence-electron chi connectivity index (χ1n) is 7.75. The Labute approximate surface area is 130 Å². The van der Waals surface area contributed by atoms with Gasteiger partial charge in [-0.25, -0.2) is 13.1 Å². The van der Waals surface area contributed by atoms with E-state index in [0.29, 0.717) is 5.92 Å². The Morgan fingerprint density at radius 3 is 2.68 bits per heavy atom. The number of fused-ring (bicyclic) bond motifs is 2. The van der Waals surface area contributed by atoms with E-state index in [1.807, 2.05) is 6.92 Å². The molecule has 0 aromatic carbocycles. The number of carbonyl (C=O) groups excluding carboxylic acids is 1. The number of nitrogens with one attached hydrogen (secondary N) is 2. The van der Waals surface area contributed by atoms with Gasteiger partial charge in [-0.1, -0.05) is 6.42 Å². The van der Waals surface area contributed by atoms with Crippen molar-refractivity contribution in [1.29, 1.82) is 0 Å². The van der Waals surface area contributed by atoms with Gasteiger partial charge in [-0.05, 0) is 63.1 Å². The largest absolute Gasteiger partial charge is 0.438 e. The smallest absolute Gasteiger partial charge is 0.287 e. The molecule has 2 saturated carbocycles. The van der Waals surface area contributed by atoms with Crippen LogP contribution < -0.4 is 10.0 Å². The summed E-state index contributed by atoms with van der Waals surface area (Å²) in [6.45, 7) is 2.03. The van der Waals surface area contributed by atoms with E-state index in [0.717, 1.165) is 11.8 Å². The number of carbonyl (C=O) groups is 1. The molecule has 4 unspecified atom stereocenters. The first kappa shape index (κ1) is 15.6. The van der Waals surface area contributed by atoms with Gasteiger partial charge in [-0.15, -0.1) is 0 Å². The summed E-state index contributed by atoms with van der Waals surface area (Å²) in [4.78, 5) is 12.2. The van der Waals surface area contributed by atoms with E-state index in [1.165, 1.54) is 44.9 Å². The van der Waals surface area contributed by atoms with Crippen LogP contribution in [0.25, 0.3) is 0 Å². The van der Waals surface area contributed by atoms with Gasteiger partial charge in [-0.3, -0.25) is 4.79 Å². The standard InChI is InChI=1S/C15H22N2O4S/c1-9(12-8-10-3-4-11(12)7-10)17-15(18)13-5-6-14(21-13)22(19,20)16-2/h5-6,9-12,16H,3-4,7-8H2,1-2H3,(H,17,18). The maximum absolute atomic E-state index is 12.2. The molecular formula is C15H22N2O4S. The summed E-state index contributed by atoms with van der Waals surface area (Å²) in [5.74, 6) is 1.75. The van der Waals surface area contributed by atoms with Crippen LogP contribution >= 0.6 is 0 Å². The van der Waals surface area contributed by atoms with Gasteiger partial charge in [0, 0.05) is 6.04 Å². The summed E-state index contributed by atoms with van der Waals surface area (Å²) in [7, 11) is -2.36. The fourth-order valence-corrected chi connectivity index (χ4v) is 4.63. The minimum Gasteiger partial charge on any atom is -0.438 e. The van der Waals surface area contributed by atoms with Crippen molar-refractivity contribution in [1.82, 2.24) is 10.0 Å². The summed E-state index contributed by atoms with van der Waals surface area (Å²) >= 11 is 0. The zero-order valence-corrected chi connectivity index (χ0v) is 13.7. The Bertz CT molecular complexity index is 667. The predicted octanol–water partition coefficient (Wildman–Crippen LogP) is 1.74. The summed E-state index contributed by atoms with van der Waals surface area (Å²) in [6.07, 6.45) is 5.06. The molecule has 122 valence electrons.